The second-order valence-electron chi connectivity index (χ2n) is 25.7. The molecule has 3 saturated heterocycles. The Kier molecular flexibility index (Phi) is 23.1. The van der Waals surface area contributed by atoms with Crippen LogP contribution in [0.25, 0.3) is 21.8 Å². The van der Waals surface area contributed by atoms with E-state index in [1.807, 2.05) is 99.8 Å². The van der Waals surface area contributed by atoms with E-state index in [9.17, 15) is 44.0 Å². The molecular formula is C72H85ClFN17O9S6. The number of thiazole rings is 1. The molecule has 0 bridgehead atoms. The summed E-state index contributed by atoms with van der Waals surface area (Å²) in [7, 11) is -11.1. The summed E-state index contributed by atoms with van der Waals surface area (Å²) in [5.41, 5.74) is 6.69. The number of nitrogens with one attached hydrogen (secondary N) is 4. The van der Waals surface area contributed by atoms with Crippen LogP contribution in [-0.4, -0.2) is 170 Å². The first-order valence-electron chi connectivity index (χ1n) is 34.4. The molecule has 15 rings (SSSR count). The number of aryl methyl sites for hydroxylation is 2. The summed E-state index contributed by atoms with van der Waals surface area (Å²) in [5, 5.41) is 8.52. The van der Waals surface area contributed by atoms with Crippen molar-refractivity contribution in [3.8, 4) is 0 Å². The number of aromatic nitrogens is 7. The molecule has 3 fully saturated rings. The molecule has 3 amide bonds. The molecule has 34 heteroatoms. The van der Waals surface area contributed by atoms with E-state index >= 15 is 0 Å². The highest BCUT2D eigenvalue weighted by Gasteiger charge is 2.33. The van der Waals surface area contributed by atoms with Gasteiger partial charge in [0.15, 0.2) is 5.13 Å². The number of benzene rings is 6. The molecule has 0 saturated carbocycles. The largest absolute Gasteiger partial charge is 0.371 e. The fourth-order valence-electron chi connectivity index (χ4n) is 13.5. The lowest BCUT2D eigenvalue weighted by Crippen LogP contribution is -2.55. The Morgan fingerprint density at radius 2 is 1.09 bits per heavy atom. The second kappa shape index (κ2) is 32.9. The Morgan fingerprint density at radius 1 is 0.575 bits per heavy atom. The van der Waals surface area contributed by atoms with Gasteiger partial charge < -0.3 is 43.9 Å². The van der Waals surface area contributed by atoms with Gasteiger partial charge in [0.05, 0.1) is 25.2 Å². The fourth-order valence-corrected chi connectivity index (χ4v) is 18.9. The number of halogens is 2. The zero-order valence-electron chi connectivity index (χ0n) is 57.8. The van der Waals surface area contributed by atoms with Gasteiger partial charge in [-0.15, -0.1) is 11.3 Å². The predicted molar refractivity (Wildman–Crippen MR) is 423 cm³/mol. The van der Waals surface area contributed by atoms with Crippen molar-refractivity contribution in [2.45, 2.75) is 85.3 Å². The molecule has 0 radical (unpaired) electrons. The number of fused-ring (bicyclic) bond motifs is 3. The van der Waals surface area contributed by atoms with Gasteiger partial charge in [0, 0.05) is 177 Å². The van der Waals surface area contributed by atoms with E-state index in [4.69, 9.17) is 11.6 Å². The van der Waals surface area contributed by atoms with Crippen LogP contribution in [-0.2, 0) is 57.4 Å². The zero-order chi connectivity index (χ0) is 74.1. The van der Waals surface area contributed by atoms with Crippen molar-refractivity contribution in [2.75, 3.05) is 106 Å². The molecule has 11 aromatic rings. The Morgan fingerprint density at radius 3 is 1.63 bits per heavy atom. The molecule has 2 atom stereocenters. The zero-order valence-corrected chi connectivity index (χ0v) is 63.4. The molecule has 0 aliphatic carbocycles. The van der Waals surface area contributed by atoms with Gasteiger partial charge >= 0.3 is 0 Å². The third-order valence-electron chi connectivity index (χ3n) is 19.1. The Balaban J connectivity index is 0.000000187. The fraction of sp³-hybridized carbons (Fsp3) is 0.306. The number of para-hydroxylation sites is 2. The summed E-state index contributed by atoms with van der Waals surface area (Å²) in [4.78, 5) is 63.6. The normalized spacial score (nSPS) is 15.7. The van der Waals surface area contributed by atoms with Crippen molar-refractivity contribution in [1.82, 2.24) is 47.9 Å². The highest BCUT2D eigenvalue weighted by Crippen LogP contribution is 2.33. The second-order valence-corrected chi connectivity index (χ2v) is 33.6. The number of carbonyl (C=O) groups is 3. The number of amides is 3. The topological polar surface area (TPSA) is 295 Å². The van der Waals surface area contributed by atoms with Gasteiger partial charge in [-0.2, -0.15) is 8.75 Å². The molecule has 0 spiro atoms. The first kappa shape index (κ1) is 74.5. The minimum absolute atomic E-state index is 0. The van der Waals surface area contributed by atoms with Crippen molar-refractivity contribution in [1.29, 1.82) is 0 Å². The molecule has 562 valence electrons. The highest BCUT2D eigenvalue weighted by molar-refractivity contribution is 7.93. The molecular weight excluding hydrogens is 1490 g/mol. The van der Waals surface area contributed by atoms with Crippen LogP contribution in [0, 0.1) is 5.82 Å². The van der Waals surface area contributed by atoms with E-state index in [2.05, 4.69) is 62.8 Å². The van der Waals surface area contributed by atoms with E-state index in [1.54, 1.807) is 96.5 Å². The predicted octanol–water partition coefficient (Wildman–Crippen LogP) is 11.9. The van der Waals surface area contributed by atoms with Gasteiger partial charge in [0.2, 0.25) is 28.0 Å². The quantitative estimate of drug-likeness (QED) is 0.0551. The monoisotopic (exact) mass is 1580 g/mol. The first-order chi connectivity index (χ1) is 51.1. The summed E-state index contributed by atoms with van der Waals surface area (Å²) >= 11 is 9.52. The van der Waals surface area contributed by atoms with Crippen LogP contribution >= 0.6 is 46.0 Å². The van der Waals surface area contributed by atoms with Crippen molar-refractivity contribution >= 4 is 154 Å². The number of hydrogen-bond acceptors (Lipinski definition) is 21. The highest BCUT2D eigenvalue weighted by atomic mass is 35.5. The van der Waals surface area contributed by atoms with E-state index in [-0.39, 0.29) is 72.3 Å². The SMILES string of the molecule is C[C@@H](C(=O)N1CCN(c2ccc(S(=O)(=O)Nc3ncns3)cc2)CC1)n1ccc2ccccc21.C[C@H](C(=O)N1CCN(c2ccc(S(=O)(=O)Nc3nccs3)cc2)CC1)N1CCCc2cc(F)ccc21.O=C(CCn1ccc2cccc(Cl)c21)NC1CCN(c2ccc(S(=O)(=O)Nc3ncns3)cc2)CC1.[HH].[HH].[HH].[HH]. The van der Waals surface area contributed by atoms with Gasteiger partial charge in [-0.1, -0.05) is 41.9 Å². The van der Waals surface area contributed by atoms with Crippen LogP contribution in [0.2, 0.25) is 5.02 Å². The summed E-state index contributed by atoms with van der Waals surface area (Å²) in [6.07, 6.45) is 11.8. The van der Waals surface area contributed by atoms with Gasteiger partial charge in [-0.3, -0.25) is 28.5 Å². The molecule has 9 heterocycles. The van der Waals surface area contributed by atoms with Gasteiger partial charge in [-0.05, 0) is 166 Å². The minimum Gasteiger partial charge on any atom is -0.371 e. The number of piperazine rings is 2. The number of carbonyl (C=O) groups excluding carboxylic acids is 3. The molecule has 4 aliphatic heterocycles. The van der Waals surface area contributed by atoms with E-state index in [0.717, 1.165) is 119 Å². The Bertz CT molecular complexity index is 5220. The lowest BCUT2D eigenvalue weighted by Gasteiger charge is -2.41. The van der Waals surface area contributed by atoms with Crippen molar-refractivity contribution in [3.63, 3.8) is 0 Å². The number of piperidine rings is 1. The number of hydrogen-bond donors (Lipinski definition) is 4. The van der Waals surface area contributed by atoms with Gasteiger partial charge in [0.25, 0.3) is 30.1 Å². The Hall–Kier alpha value is -9.77. The lowest BCUT2D eigenvalue weighted by molar-refractivity contribution is -0.134. The van der Waals surface area contributed by atoms with Crippen LogP contribution in [0.5, 0.6) is 0 Å². The molecule has 6 aromatic carbocycles. The molecule has 4 N–H and O–H groups in total. The summed E-state index contributed by atoms with van der Waals surface area (Å²) in [5.74, 6) is -0.0429. The van der Waals surface area contributed by atoms with E-state index in [1.165, 1.54) is 30.1 Å². The number of nitrogens with zero attached hydrogens (tertiary/aromatic N) is 13. The van der Waals surface area contributed by atoms with Crippen LogP contribution in [0.4, 0.5) is 42.5 Å². The van der Waals surface area contributed by atoms with Crippen LogP contribution in [0.3, 0.4) is 0 Å². The van der Waals surface area contributed by atoms with Crippen molar-refractivity contribution in [2.24, 2.45) is 0 Å². The molecule has 26 nitrogen and oxygen atoms in total. The van der Waals surface area contributed by atoms with Gasteiger partial charge in [-0.25, -0.2) is 44.6 Å². The maximum atomic E-state index is 13.7. The average molecular weight is 1580 g/mol. The van der Waals surface area contributed by atoms with Crippen molar-refractivity contribution < 1.29 is 49.7 Å². The van der Waals surface area contributed by atoms with Crippen LogP contribution < -0.4 is 39.1 Å². The number of sulfonamides is 3. The average Bonchev–Trinajstić information content (AvgIpc) is 1.61. The third-order valence-corrected chi connectivity index (χ3v) is 25.7. The number of anilines is 7. The molecule has 4 aliphatic rings. The van der Waals surface area contributed by atoms with E-state index < -0.39 is 30.1 Å². The van der Waals surface area contributed by atoms with E-state index in [0.29, 0.717) is 75.5 Å². The summed E-state index contributed by atoms with van der Waals surface area (Å²) in [6.45, 7) is 11.8. The molecule has 5 aromatic heterocycles. The number of rotatable bonds is 20. The first-order valence-corrected chi connectivity index (χ1v) is 41.7. The summed E-state index contributed by atoms with van der Waals surface area (Å²) < 4.78 is 108. The summed E-state index contributed by atoms with van der Waals surface area (Å²) in [6, 6.07) is 42.5. The molecule has 0 unspecified atom stereocenters. The van der Waals surface area contributed by atoms with Gasteiger partial charge in [0.1, 0.15) is 30.6 Å². The maximum Gasteiger partial charge on any atom is 0.263 e. The maximum absolute atomic E-state index is 13.7. The smallest absolute Gasteiger partial charge is 0.263 e. The van der Waals surface area contributed by atoms with Crippen LogP contribution in [0.15, 0.2) is 197 Å². The lowest BCUT2D eigenvalue weighted by atomic mass is 9.99. The molecule has 106 heavy (non-hydrogen) atoms. The standard InChI is InChI=1S/C25H28FN5O3S2.C24H25ClN6O3S2.C23H24N6O3S2.4H2/c1-18(31-11-2-3-19-17-20(26)4-9-23(19)31)24(32)30-14-12-29(13-15-30)21-5-7-22(8-6-21)36(33,34)28-25-27-10-16-35-25;25-21-3-1-2-17-8-12-31(23(17)21)15-11-22(32)28-18-9-13-30(14-10-18)19-4-6-20(7-5-19)36(33,34)29-24-26-16-27-35-24;1-17(29-11-10-18-4-2-3-5-21(18)29)22(30)28-14-12-27(13-15-28)19-6-8-20(9-7-19)34(31,32)26-23-24-16-25-33-23;;;;/h4-10,16-18H,2-3,11-15H2,1H3,(H,27,28);1-8,12,16,18H,9-11,13-15H2,(H,28,32)(H,26,27,29);2-11,16-17H,12-15H2,1H3,(H,24,25,26);4*1H/t18-;;17-;;;;/m1.0..../s1. The van der Waals surface area contributed by atoms with Crippen molar-refractivity contribution in [3.05, 3.63) is 199 Å². The minimum atomic E-state index is -3.71. The third kappa shape index (κ3) is 17.7. The Labute approximate surface area is 636 Å². The van der Waals surface area contributed by atoms with Crippen LogP contribution in [0.1, 0.15) is 56.8 Å².